The highest BCUT2D eigenvalue weighted by molar-refractivity contribution is 6.01. The number of nitro groups is 1. The lowest BCUT2D eigenvalue weighted by Crippen LogP contribution is -2.12. The highest BCUT2D eigenvalue weighted by Gasteiger charge is 2.15. The average molecular weight is 447 g/mol. The summed E-state index contributed by atoms with van der Waals surface area (Å²) < 4.78 is 12.8. The lowest BCUT2D eigenvalue weighted by molar-refractivity contribution is -0.385. The number of hydrogen-bond donors (Lipinski definition) is 1. The Morgan fingerprint density at radius 2 is 1.94 bits per heavy atom. The normalized spacial score (nSPS) is 10.7. The van der Waals surface area contributed by atoms with Crippen LogP contribution in [0.5, 0.6) is 5.75 Å². The maximum atomic E-state index is 12.5. The summed E-state index contributed by atoms with van der Waals surface area (Å²) in [6.45, 7) is 4.26. The van der Waals surface area contributed by atoms with E-state index in [4.69, 9.17) is 9.15 Å². The van der Waals surface area contributed by atoms with Crippen molar-refractivity contribution in [3.8, 4) is 5.75 Å². The van der Waals surface area contributed by atoms with E-state index in [9.17, 15) is 14.9 Å². The van der Waals surface area contributed by atoms with Gasteiger partial charge in [-0.05, 0) is 43.7 Å². The van der Waals surface area contributed by atoms with E-state index in [2.05, 4.69) is 15.4 Å². The van der Waals surface area contributed by atoms with Gasteiger partial charge in [-0.3, -0.25) is 20.2 Å². The molecule has 0 fully saturated rings. The number of furan rings is 1. The number of nitrogens with zero attached hydrogens (tertiary/aromatic N) is 4. The van der Waals surface area contributed by atoms with Gasteiger partial charge in [0.1, 0.15) is 24.4 Å². The fourth-order valence-electron chi connectivity index (χ4n) is 3.13. The van der Waals surface area contributed by atoms with Crippen LogP contribution in [0.2, 0.25) is 0 Å². The summed E-state index contributed by atoms with van der Waals surface area (Å²) in [5.41, 5.74) is 2.76. The van der Waals surface area contributed by atoms with Gasteiger partial charge in [-0.1, -0.05) is 29.8 Å². The molecule has 0 aliphatic rings. The molecule has 10 nitrogen and oxygen atoms in total. The monoisotopic (exact) mass is 447 g/mol. The SMILES string of the molecule is Cc1ccc(Cn2cnc(NC(=O)c3ccc(COc4ccc([N+](=O)[O-])c(C)c4)o3)n2)cc1. The quantitative estimate of drug-likeness (QED) is 0.316. The zero-order valence-electron chi connectivity index (χ0n) is 18.0. The molecular weight excluding hydrogens is 426 g/mol. The Balaban J connectivity index is 1.32. The van der Waals surface area contributed by atoms with Crippen LogP contribution in [0, 0.1) is 24.0 Å². The zero-order chi connectivity index (χ0) is 23.4. The second-order valence-corrected chi connectivity index (χ2v) is 7.47. The van der Waals surface area contributed by atoms with E-state index < -0.39 is 10.8 Å². The summed E-state index contributed by atoms with van der Waals surface area (Å²) >= 11 is 0. The molecule has 0 radical (unpaired) electrons. The molecule has 4 rings (SSSR count). The van der Waals surface area contributed by atoms with Crippen LogP contribution in [0.3, 0.4) is 0 Å². The smallest absolute Gasteiger partial charge is 0.293 e. The lowest BCUT2D eigenvalue weighted by atomic mass is 10.1. The number of ether oxygens (including phenoxy) is 1. The summed E-state index contributed by atoms with van der Waals surface area (Å²) in [5.74, 6) is 0.657. The van der Waals surface area contributed by atoms with Crippen LogP contribution in [0.15, 0.2) is 65.3 Å². The number of carbonyl (C=O) groups excluding carboxylic acids is 1. The molecule has 168 valence electrons. The number of benzene rings is 2. The molecule has 2 aromatic heterocycles. The average Bonchev–Trinajstić information content (AvgIpc) is 3.43. The summed E-state index contributed by atoms with van der Waals surface area (Å²) in [7, 11) is 0. The Hall–Kier alpha value is -4.47. The second-order valence-electron chi connectivity index (χ2n) is 7.47. The van der Waals surface area contributed by atoms with Crippen LogP contribution in [-0.4, -0.2) is 25.6 Å². The lowest BCUT2D eigenvalue weighted by Gasteiger charge is -2.05. The van der Waals surface area contributed by atoms with Gasteiger partial charge in [-0.2, -0.15) is 0 Å². The fourth-order valence-corrected chi connectivity index (χ4v) is 3.13. The van der Waals surface area contributed by atoms with Gasteiger partial charge in [-0.25, -0.2) is 9.67 Å². The van der Waals surface area contributed by atoms with Crippen molar-refractivity contribution in [1.82, 2.24) is 14.8 Å². The van der Waals surface area contributed by atoms with Gasteiger partial charge in [0.25, 0.3) is 11.6 Å². The molecule has 0 bridgehead atoms. The van der Waals surface area contributed by atoms with Crippen molar-refractivity contribution in [2.24, 2.45) is 0 Å². The highest BCUT2D eigenvalue weighted by Crippen LogP contribution is 2.24. The van der Waals surface area contributed by atoms with E-state index >= 15 is 0 Å². The molecule has 0 aliphatic heterocycles. The Kier molecular flexibility index (Phi) is 6.16. The number of nitro benzene ring substituents is 1. The standard InChI is InChI=1S/C23H21N5O5/c1-15-3-5-17(6-4-15)12-27-14-24-23(26-27)25-22(29)21-10-8-19(33-21)13-32-18-7-9-20(28(30)31)16(2)11-18/h3-11,14H,12-13H2,1-2H3,(H,25,26,29). The van der Waals surface area contributed by atoms with E-state index in [-0.39, 0.29) is 24.0 Å². The first-order valence-corrected chi connectivity index (χ1v) is 10.1. The molecule has 2 aromatic carbocycles. The van der Waals surface area contributed by atoms with Gasteiger partial charge in [0, 0.05) is 11.6 Å². The third kappa shape index (κ3) is 5.42. The number of hydrogen-bond acceptors (Lipinski definition) is 7. The molecule has 4 aromatic rings. The van der Waals surface area contributed by atoms with Crippen molar-refractivity contribution in [3.05, 3.63) is 99.2 Å². The maximum Gasteiger partial charge on any atom is 0.293 e. The summed E-state index contributed by atoms with van der Waals surface area (Å²) in [6.07, 6.45) is 1.54. The van der Waals surface area contributed by atoms with Crippen LogP contribution in [0.1, 0.15) is 33.0 Å². The summed E-state index contributed by atoms with van der Waals surface area (Å²) in [6, 6.07) is 15.7. The van der Waals surface area contributed by atoms with Gasteiger partial charge < -0.3 is 9.15 Å². The Labute approximate surface area is 189 Å². The molecule has 0 saturated carbocycles. The van der Waals surface area contributed by atoms with Crippen molar-refractivity contribution >= 4 is 17.5 Å². The van der Waals surface area contributed by atoms with E-state index in [1.54, 1.807) is 30.1 Å². The molecule has 1 N–H and O–H groups in total. The third-order valence-corrected chi connectivity index (χ3v) is 4.86. The van der Waals surface area contributed by atoms with Crippen molar-refractivity contribution < 1.29 is 18.9 Å². The molecule has 0 aliphatic carbocycles. The minimum absolute atomic E-state index is 0.0224. The van der Waals surface area contributed by atoms with Gasteiger partial charge in [-0.15, -0.1) is 5.10 Å². The Bertz CT molecular complexity index is 1290. The minimum Gasteiger partial charge on any atom is -0.486 e. The Morgan fingerprint density at radius 3 is 2.67 bits per heavy atom. The molecule has 1 amide bonds. The number of aromatic nitrogens is 3. The molecule has 0 spiro atoms. The molecule has 0 unspecified atom stereocenters. The van der Waals surface area contributed by atoms with Crippen LogP contribution < -0.4 is 10.1 Å². The van der Waals surface area contributed by atoms with Crippen molar-refractivity contribution in [3.63, 3.8) is 0 Å². The molecule has 33 heavy (non-hydrogen) atoms. The molecule has 10 heteroatoms. The number of aryl methyl sites for hydroxylation is 2. The van der Waals surface area contributed by atoms with Crippen LogP contribution in [0.4, 0.5) is 11.6 Å². The number of carbonyl (C=O) groups is 1. The molecule has 0 saturated heterocycles. The van der Waals surface area contributed by atoms with Crippen molar-refractivity contribution in [1.29, 1.82) is 0 Å². The summed E-state index contributed by atoms with van der Waals surface area (Å²) in [4.78, 5) is 27.0. The van der Waals surface area contributed by atoms with Gasteiger partial charge in [0.05, 0.1) is 11.5 Å². The molecule has 2 heterocycles. The van der Waals surface area contributed by atoms with E-state index in [1.807, 2.05) is 31.2 Å². The fraction of sp³-hybridized carbons (Fsp3) is 0.174. The van der Waals surface area contributed by atoms with Crippen molar-refractivity contribution in [2.75, 3.05) is 5.32 Å². The molecule has 0 atom stereocenters. The predicted molar refractivity (Wildman–Crippen MR) is 119 cm³/mol. The van der Waals surface area contributed by atoms with Crippen LogP contribution in [0.25, 0.3) is 0 Å². The van der Waals surface area contributed by atoms with Crippen LogP contribution in [-0.2, 0) is 13.2 Å². The first-order valence-electron chi connectivity index (χ1n) is 10.1. The Morgan fingerprint density at radius 1 is 1.15 bits per heavy atom. The minimum atomic E-state index is -0.486. The van der Waals surface area contributed by atoms with Crippen LogP contribution >= 0.6 is 0 Å². The van der Waals surface area contributed by atoms with E-state index in [0.29, 0.717) is 23.6 Å². The largest absolute Gasteiger partial charge is 0.486 e. The third-order valence-electron chi connectivity index (χ3n) is 4.86. The maximum absolute atomic E-state index is 12.5. The topological polar surface area (TPSA) is 125 Å². The highest BCUT2D eigenvalue weighted by atomic mass is 16.6. The number of amides is 1. The number of rotatable bonds is 8. The zero-order valence-corrected chi connectivity index (χ0v) is 18.0. The van der Waals surface area contributed by atoms with Gasteiger partial charge in [0.2, 0.25) is 5.95 Å². The first kappa shape index (κ1) is 21.8. The number of anilines is 1. The van der Waals surface area contributed by atoms with E-state index in [0.717, 1.165) is 5.56 Å². The van der Waals surface area contributed by atoms with Gasteiger partial charge in [0.15, 0.2) is 5.76 Å². The summed E-state index contributed by atoms with van der Waals surface area (Å²) in [5, 5.41) is 17.8. The van der Waals surface area contributed by atoms with Gasteiger partial charge >= 0.3 is 0 Å². The first-order chi connectivity index (χ1) is 15.9. The van der Waals surface area contributed by atoms with Crippen molar-refractivity contribution in [2.45, 2.75) is 27.0 Å². The number of nitrogens with one attached hydrogen (secondary N) is 1. The van der Waals surface area contributed by atoms with E-state index in [1.165, 1.54) is 23.8 Å². The second kappa shape index (κ2) is 9.35. The predicted octanol–water partition coefficient (Wildman–Crippen LogP) is 4.28. The molecular formula is C23H21N5O5.